The summed E-state index contributed by atoms with van der Waals surface area (Å²) in [4.78, 5) is 11.5. The molecule has 0 radical (unpaired) electrons. The van der Waals surface area contributed by atoms with Crippen LogP contribution in [0.4, 0.5) is 0 Å². The molecular formula is C10H21NO. The Kier molecular flexibility index (Phi) is 5.14. The fourth-order valence-electron chi connectivity index (χ4n) is 0.988. The molecule has 0 amide bonds. The lowest BCUT2D eigenvalue weighted by molar-refractivity contribution is -0.126. The maximum atomic E-state index is 11.5. The Hall–Kier alpha value is -0.370. The molecular weight excluding hydrogens is 150 g/mol. The van der Waals surface area contributed by atoms with Crippen molar-refractivity contribution in [1.29, 1.82) is 0 Å². The summed E-state index contributed by atoms with van der Waals surface area (Å²) < 4.78 is 0. The van der Waals surface area contributed by atoms with Gasteiger partial charge >= 0.3 is 0 Å². The van der Waals surface area contributed by atoms with Crippen LogP contribution in [0.1, 0.15) is 46.5 Å². The van der Waals surface area contributed by atoms with E-state index in [1.165, 1.54) is 0 Å². The van der Waals surface area contributed by atoms with Gasteiger partial charge < -0.3 is 5.73 Å². The van der Waals surface area contributed by atoms with Crippen molar-refractivity contribution in [2.75, 3.05) is 6.54 Å². The van der Waals surface area contributed by atoms with Crippen molar-refractivity contribution in [1.82, 2.24) is 0 Å². The van der Waals surface area contributed by atoms with E-state index in [0.717, 1.165) is 19.3 Å². The molecule has 0 aromatic heterocycles. The van der Waals surface area contributed by atoms with E-state index in [2.05, 4.69) is 6.92 Å². The van der Waals surface area contributed by atoms with E-state index in [1.807, 2.05) is 13.8 Å². The number of unbranched alkanes of at least 4 members (excludes halogenated alkanes) is 2. The SMILES string of the molecule is CCCCCC(=O)C(C)(C)CN. The maximum Gasteiger partial charge on any atom is 0.139 e. The van der Waals surface area contributed by atoms with Crippen LogP contribution in [0.3, 0.4) is 0 Å². The van der Waals surface area contributed by atoms with Gasteiger partial charge in [-0.2, -0.15) is 0 Å². The molecule has 0 aliphatic carbocycles. The molecule has 72 valence electrons. The highest BCUT2D eigenvalue weighted by Gasteiger charge is 2.24. The second-order valence-corrected chi connectivity index (χ2v) is 3.97. The van der Waals surface area contributed by atoms with Crippen LogP contribution < -0.4 is 5.73 Å². The zero-order valence-electron chi connectivity index (χ0n) is 8.52. The van der Waals surface area contributed by atoms with E-state index in [0.29, 0.717) is 18.7 Å². The quantitative estimate of drug-likeness (QED) is 0.622. The lowest BCUT2D eigenvalue weighted by Gasteiger charge is -2.20. The highest BCUT2D eigenvalue weighted by molar-refractivity contribution is 5.84. The van der Waals surface area contributed by atoms with Gasteiger partial charge in [0.05, 0.1) is 0 Å². The summed E-state index contributed by atoms with van der Waals surface area (Å²) >= 11 is 0. The van der Waals surface area contributed by atoms with Crippen molar-refractivity contribution >= 4 is 5.78 Å². The molecule has 0 saturated carbocycles. The number of nitrogens with two attached hydrogens (primary N) is 1. The lowest BCUT2D eigenvalue weighted by atomic mass is 9.85. The second kappa shape index (κ2) is 5.31. The van der Waals surface area contributed by atoms with E-state index >= 15 is 0 Å². The van der Waals surface area contributed by atoms with E-state index < -0.39 is 0 Å². The lowest BCUT2D eigenvalue weighted by Crippen LogP contribution is -2.32. The minimum absolute atomic E-state index is 0.304. The molecule has 0 spiro atoms. The number of carbonyl (C=O) groups excluding carboxylic acids is 1. The molecule has 0 heterocycles. The summed E-state index contributed by atoms with van der Waals surface area (Å²) in [6.45, 7) is 6.43. The number of rotatable bonds is 6. The van der Waals surface area contributed by atoms with Crippen LogP contribution in [-0.2, 0) is 4.79 Å². The Morgan fingerprint density at radius 2 is 1.92 bits per heavy atom. The van der Waals surface area contributed by atoms with Crippen LogP contribution in [0.15, 0.2) is 0 Å². The molecule has 0 aromatic carbocycles. The first-order chi connectivity index (χ1) is 5.54. The molecule has 0 aliphatic rings. The fourth-order valence-corrected chi connectivity index (χ4v) is 0.988. The molecule has 0 unspecified atom stereocenters. The van der Waals surface area contributed by atoms with Gasteiger partial charge in [-0.1, -0.05) is 33.6 Å². The van der Waals surface area contributed by atoms with Crippen LogP contribution in [0.2, 0.25) is 0 Å². The summed E-state index contributed by atoms with van der Waals surface area (Å²) in [5.74, 6) is 0.304. The van der Waals surface area contributed by atoms with Crippen LogP contribution in [0, 0.1) is 5.41 Å². The Morgan fingerprint density at radius 3 is 2.33 bits per heavy atom. The monoisotopic (exact) mass is 171 g/mol. The average Bonchev–Trinajstić information content (AvgIpc) is 2.05. The Balaban J connectivity index is 3.72. The Labute approximate surface area is 75.5 Å². The number of ketones is 1. The molecule has 0 aromatic rings. The molecule has 0 bridgehead atoms. The zero-order chi connectivity index (χ0) is 9.61. The van der Waals surface area contributed by atoms with Crippen molar-refractivity contribution in [2.45, 2.75) is 46.5 Å². The molecule has 0 rings (SSSR count). The van der Waals surface area contributed by atoms with Crippen LogP contribution in [-0.4, -0.2) is 12.3 Å². The van der Waals surface area contributed by atoms with Gasteiger partial charge in [0.15, 0.2) is 0 Å². The fraction of sp³-hybridized carbons (Fsp3) is 0.900. The molecule has 2 nitrogen and oxygen atoms in total. The van der Waals surface area contributed by atoms with Crippen molar-refractivity contribution < 1.29 is 4.79 Å². The maximum absolute atomic E-state index is 11.5. The van der Waals surface area contributed by atoms with Gasteiger partial charge in [0.1, 0.15) is 5.78 Å². The van der Waals surface area contributed by atoms with Gasteiger partial charge in [-0.05, 0) is 6.42 Å². The number of hydrogen-bond donors (Lipinski definition) is 1. The summed E-state index contributed by atoms with van der Waals surface area (Å²) in [5, 5.41) is 0. The summed E-state index contributed by atoms with van der Waals surface area (Å²) in [6, 6.07) is 0. The van der Waals surface area contributed by atoms with Crippen LogP contribution in [0.5, 0.6) is 0 Å². The van der Waals surface area contributed by atoms with Gasteiger partial charge in [0, 0.05) is 18.4 Å². The van der Waals surface area contributed by atoms with E-state index in [1.54, 1.807) is 0 Å². The van der Waals surface area contributed by atoms with Gasteiger partial charge in [0.2, 0.25) is 0 Å². The topological polar surface area (TPSA) is 43.1 Å². The van der Waals surface area contributed by atoms with Crippen LogP contribution in [0.25, 0.3) is 0 Å². The first kappa shape index (κ1) is 11.6. The molecule has 0 aliphatic heterocycles. The Morgan fingerprint density at radius 1 is 1.33 bits per heavy atom. The number of carbonyl (C=O) groups is 1. The summed E-state index contributed by atoms with van der Waals surface area (Å²) in [5.41, 5.74) is 5.18. The third-order valence-corrected chi connectivity index (χ3v) is 2.27. The minimum Gasteiger partial charge on any atom is -0.329 e. The first-order valence-corrected chi connectivity index (χ1v) is 4.78. The number of Topliss-reactive ketones (excluding diaryl/α,β-unsaturated/α-hetero) is 1. The van der Waals surface area contributed by atoms with Gasteiger partial charge in [-0.15, -0.1) is 0 Å². The van der Waals surface area contributed by atoms with Crippen molar-refractivity contribution in [2.24, 2.45) is 11.1 Å². The molecule has 2 heteroatoms. The largest absolute Gasteiger partial charge is 0.329 e. The standard InChI is InChI=1S/C10H21NO/c1-4-5-6-7-9(12)10(2,3)8-11/h4-8,11H2,1-3H3. The molecule has 0 saturated heterocycles. The van der Waals surface area contributed by atoms with Crippen molar-refractivity contribution in [3.05, 3.63) is 0 Å². The molecule has 0 fully saturated rings. The third kappa shape index (κ3) is 3.86. The second-order valence-electron chi connectivity index (χ2n) is 3.97. The van der Waals surface area contributed by atoms with E-state index in [4.69, 9.17) is 5.73 Å². The molecule has 0 atom stereocenters. The highest BCUT2D eigenvalue weighted by atomic mass is 16.1. The number of hydrogen-bond acceptors (Lipinski definition) is 2. The van der Waals surface area contributed by atoms with Crippen LogP contribution >= 0.6 is 0 Å². The highest BCUT2D eigenvalue weighted by Crippen LogP contribution is 2.18. The average molecular weight is 171 g/mol. The molecule has 2 N–H and O–H groups in total. The molecule has 12 heavy (non-hydrogen) atoms. The summed E-state index contributed by atoms with van der Waals surface area (Å²) in [6.07, 6.45) is 4.01. The first-order valence-electron chi connectivity index (χ1n) is 4.78. The minimum atomic E-state index is -0.312. The summed E-state index contributed by atoms with van der Waals surface area (Å²) in [7, 11) is 0. The van der Waals surface area contributed by atoms with Gasteiger partial charge in [-0.25, -0.2) is 0 Å². The van der Waals surface area contributed by atoms with Crippen molar-refractivity contribution in [3.8, 4) is 0 Å². The normalized spacial score (nSPS) is 11.7. The third-order valence-electron chi connectivity index (χ3n) is 2.27. The smallest absolute Gasteiger partial charge is 0.139 e. The Bertz CT molecular complexity index is 141. The predicted molar refractivity (Wildman–Crippen MR) is 52.0 cm³/mol. The van der Waals surface area contributed by atoms with E-state index in [-0.39, 0.29) is 5.41 Å². The van der Waals surface area contributed by atoms with E-state index in [9.17, 15) is 4.79 Å². The van der Waals surface area contributed by atoms with Gasteiger partial charge in [-0.3, -0.25) is 4.79 Å². The van der Waals surface area contributed by atoms with Gasteiger partial charge in [0.25, 0.3) is 0 Å². The zero-order valence-corrected chi connectivity index (χ0v) is 8.52. The predicted octanol–water partition coefficient (Wildman–Crippen LogP) is 2.12. The van der Waals surface area contributed by atoms with Crippen molar-refractivity contribution in [3.63, 3.8) is 0 Å².